The van der Waals surface area contributed by atoms with Gasteiger partial charge in [0.05, 0.1) is 25.2 Å². The number of methoxy groups -OCH3 is 2. The number of esters is 1. The van der Waals surface area contributed by atoms with E-state index in [1.165, 1.54) is 21.1 Å². The summed E-state index contributed by atoms with van der Waals surface area (Å²) in [6.07, 6.45) is -1.13. The number of nitrogens with zero attached hydrogens (tertiary/aromatic N) is 1. The van der Waals surface area contributed by atoms with Crippen molar-refractivity contribution >= 4 is 17.6 Å². The van der Waals surface area contributed by atoms with Gasteiger partial charge in [0.15, 0.2) is 17.6 Å². The van der Waals surface area contributed by atoms with Gasteiger partial charge >= 0.3 is 5.97 Å². The van der Waals surface area contributed by atoms with E-state index in [0.29, 0.717) is 0 Å². The SMILES string of the molecule is COc1cc(C(=O)O[C@H](C)C(=O)NC(C)(C)C)c([N+](=O)[O-])cc1OC. The number of hydrogen-bond donors (Lipinski definition) is 1. The molecule has 9 nitrogen and oxygen atoms in total. The topological polar surface area (TPSA) is 117 Å². The van der Waals surface area contributed by atoms with E-state index >= 15 is 0 Å². The number of nitro groups is 1. The summed E-state index contributed by atoms with van der Waals surface area (Å²) >= 11 is 0. The lowest BCUT2D eigenvalue weighted by molar-refractivity contribution is -0.385. The van der Waals surface area contributed by atoms with E-state index in [2.05, 4.69) is 5.32 Å². The van der Waals surface area contributed by atoms with Crippen molar-refractivity contribution in [2.75, 3.05) is 14.2 Å². The third kappa shape index (κ3) is 5.33. The summed E-state index contributed by atoms with van der Waals surface area (Å²) in [7, 11) is 2.65. The van der Waals surface area contributed by atoms with Gasteiger partial charge in [-0.05, 0) is 27.7 Å². The Morgan fingerprint density at radius 2 is 1.68 bits per heavy atom. The van der Waals surface area contributed by atoms with Gasteiger partial charge < -0.3 is 19.5 Å². The van der Waals surface area contributed by atoms with Gasteiger partial charge in [0.2, 0.25) is 0 Å². The Morgan fingerprint density at radius 3 is 2.12 bits per heavy atom. The van der Waals surface area contributed by atoms with Crippen LogP contribution in [-0.2, 0) is 9.53 Å². The number of nitrogens with one attached hydrogen (secondary N) is 1. The van der Waals surface area contributed by atoms with Gasteiger partial charge in [-0.1, -0.05) is 0 Å². The standard InChI is InChI=1S/C16H22N2O7/c1-9(14(19)17-16(2,3)4)25-15(20)10-7-12(23-5)13(24-6)8-11(10)18(21)22/h7-9H,1-6H3,(H,17,19)/t9-/m1/s1. The van der Waals surface area contributed by atoms with Crippen LogP contribution in [0.2, 0.25) is 0 Å². The highest BCUT2D eigenvalue weighted by atomic mass is 16.6. The highest BCUT2D eigenvalue weighted by Gasteiger charge is 2.29. The van der Waals surface area contributed by atoms with Crippen molar-refractivity contribution in [3.63, 3.8) is 0 Å². The van der Waals surface area contributed by atoms with Crippen LogP contribution >= 0.6 is 0 Å². The average Bonchev–Trinajstić information content (AvgIpc) is 2.51. The van der Waals surface area contributed by atoms with Gasteiger partial charge in [0.1, 0.15) is 5.56 Å². The van der Waals surface area contributed by atoms with E-state index < -0.39 is 34.1 Å². The molecule has 9 heteroatoms. The molecule has 0 bridgehead atoms. The molecule has 1 atom stereocenters. The molecular weight excluding hydrogens is 332 g/mol. The van der Waals surface area contributed by atoms with Crippen molar-refractivity contribution in [1.29, 1.82) is 0 Å². The Kier molecular flexibility index (Phi) is 6.32. The highest BCUT2D eigenvalue weighted by Crippen LogP contribution is 2.34. The zero-order chi connectivity index (χ0) is 19.4. The molecule has 138 valence electrons. The summed E-state index contributed by atoms with van der Waals surface area (Å²) in [5.74, 6) is -1.29. The monoisotopic (exact) mass is 354 g/mol. The van der Waals surface area contributed by atoms with Crippen LogP contribution < -0.4 is 14.8 Å². The number of benzene rings is 1. The van der Waals surface area contributed by atoms with Gasteiger partial charge in [-0.15, -0.1) is 0 Å². The number of nitro benzene ring substituents is 1. The summed E-state index contributed by atoms with van der Waals surface area (Å²) in [5.41, 5.74) is -1.35. The second-order valence-corrected chi connectivity index (χ2v) is 6.27. The Labute approximate surface area is 145 Å². The van der Waals surface area contributed by atoms with Gasteiger partial charge in [-0.2, -0.15) is 0 Å². The first-order valence-electron chi connectivity index (χ1n) is 7.43. The van der Waals surface area contributed by atoms with Crippen LogP contribution in [0.25, 0.3) is 0 Å². The molecule has 0 radical (unpaired) electrons. The number of hydrogen-bond acceptors (Lipinski definition) is 7. The molecule has 0 aromatic heterocycles. The lowest BCUT2D eigenvalue weighted by Gasteiger charge is -2.23. The van der Waals surface area contributed by atoms with Crippen molar-refractivity contribution in [3.8, 4) is 11.5 Å². The molecule has 1 aromatic rings. The highest BCUT2D eigenvalue weighted by molar-refractivity contribution is 5.96. The fourth-order valence-corrected chi connectivity index (χ4v) is 1.93. The number of rotatable bonds is 6. The Bertz CT molecular complexity index is 680. The molecule has 0 aliphatic carbocycles. The second-order valence-electron chi connectivity index (χ2n) is 6.27. The number of ether oxygens (including phenoxy) is 3. The van der Waals surface area contributed by atoms with Crippen molar-refractivity contribution in [1.82, 2.24) is 5.32 Å². The lowest BCUT2D eigenvalue weighted by atomic mass is 10.1. The van der Waals surface area contributed by atoms with Crippen LogP contribution in [-0.4, -0.2) is 42.7 Å². The van der Waals surface area contributed by atoms with Crippen LogP contribution in [0.3, 0.4) is 0 Å². The van der Waals surface area contributed by atoms with Crippen LogP contribution in [0.5, 0.6) is 11.5 Å². The van der Waals surface area contributed by atoms with Crippen molar-refractivity contribution < 1.29 is 28.7 Å². The molecule has 1 rings (SSSR count). The molecule has 25 heavy (non-hydrogen) atoms. The van der Waals surface area contributed by atoms with E-state index in [-0.39, 0.29) is 17.1 Å². The molecule has 0 saturated carbocycles. The maximum atomic E-state index is 12.3. The molecule has 0 saturated heterocycles. The van der Waals surface area contributed by atoms with E-state index in [1.807, 2.05) is 0 Å². The number of carbonyl (C=O) groups is 2. The smallest absolute Gasteiger partial charge is 0.346 e. The predicted molar refractivity (Wildman–Crippen MR) is 89.0 cm³/mol. The Balaban J connectivity index is 3.12. The number of carbonyl (C=O) groups excluding carboxylic acids is 2. The molecule has 1 aromatic carbocycles. The predicted octanol–water partition coefficient (Wildman–Crippen LogP) is 2.07. The lowest BCUT2D eigenvalue weighted by Crippen LogP contribution is -2.46. The quantitative estimate of drug-likeness (QED) is 0.472. The van der Waals surface area contributed by atoms with Gasteiger partial charge in [-0.25, -0.2) is 4.79 Å². The minimum atomic E-state index is -1.13. The van der Waals surface area contributed by atoms with Crippen LogP contribution in [0.15, 0.2) is 12.1 Å². The maximum absolute atomic E-state index is 12.3. The van der Waals surface area contributed by atoms with Crippen molar-refractivity contribution in [2.24, 2.45) is 0 Å². The van der Waals surface area contributed by atoms with E-state index in [0.717, 1.165) is 12.1 Å². The summed E-state index contributed by atoms with van der Waals surface area (Å²) in [6, 6.07) is 2.21. The van der Waals surface area contributed by atoms with E-state index in [1.54, 1.807) is 20.8 Å². The Hall–Kier alpha value is -2.84. The zero-order valence-corrected chi connectivity index (χ0v) is 15.0. The summed E-state index contributed by atoms with van der Waals surface area (Å²) in [6.45, 7) is 6.71. The molecule has 0 aliphatic rings. The van der Waals surface area contributed by atoms with Crippen molar-refractivity contribution in [2.45, 2.75) is 39.3 Å². The Morgan fingerprint density at radius 1 is 1.16 bits per heavy atom. The van der Waals surface area contributed by atoms with E-state index in [4.69, 9.17) is 14.2 Å². The fourth-order valence-electron chi connectivity index (χ4n) is 1.93. The normalized spacial score (nSPS) is 12.1. The first kappa shape index (κ1) is 20.2. The van der Waals surface area contributed by atoms with E-state index in [9.17, 15) is 19.7 Å². The largest absolute Gasteiger partial charge is 0.493 e. The molecular formula is C16H22N2O7. The minimum absolute atomic E-state index is 0.101. The second kappa shape index (κ2) is 7.82. The zero-order valence-electron chi connectivity index (χ0n) is 15.0. The third-order valence-electron chi connectivity index (χ3n) is 3.07. The van der Waals surface area contributed by atoms with Crippen molar-refractivity contribution in [3.05, 3.63) is 27.8 Å². The van der Waals surface area contributed by atoms with Crippen LogP contribution in [0.1, 0.15) is 38.1 Å². The first-order chi connectivity index (χ1) is 11.5. The molecule has 1 amide bonds. The third-order valence-corrected chi connectivity index (χ3v) is 3.07. The summed E-state index contributed by atoms with van der Waals surface area (Å²) in [5, 5.41) is 13.9. The van der Waals surface area contributed by atoms with Gasteiger partial charge in [-0.3, -0.25) is 14.9 Å². The summed E-state index contributed by atoms with van der Waals surface area (Å²) < 4.78 is 15.1. The molecule has 1 N–H and O–H groups in total. The summed E-state index contributed by atoms with van der Waals surface area (Å²) in [4.78, 5) is 34.8. The van der Waals surface area contributed by atoms with Gasteiger partial charge in [0.25, 0.3) is 11.6 Å². The molecule has 0 aliphatic heterocycles. The molecule has 0 heterocycles. The van der Waals surface area contributed by atoms with Gasteiger partial charge in [0, 0.05) is 11.6 Å². The molecule has 0 spiro atoms. The fraction of sp³-hybridized carbons (Fsp3) is 0.500. The van der Waals surface area contributed by atoms with Crippen LogP contribution in [0.4, 0.5) is 5.69 Å². The average molecular weight is 354 g/mol. The number of amides is 1. The molecule has 0 unspecified atom stereocenters. The maximum Gasteiger partial charge on any atom is 0.346 e. The molecule has 0 fully saturated rings. The minimum Gasteiger partial charge on any atom is -0.493 e. The first-order valence-corrected chi connectivity index (χ1v) is 7.43. The van der Waals surface area contributed by atoms with Crippen LogP contribution in [0, 0.1) is 10.1 Å².